The number of thiol groups is 1. The molecule has 142 valence electrons. The fourth-order valence-corrected chi connectivity index (χ4v) is 3.40. The smallest absolute Gasteiger partial charge is 0.297 e. The Labute approximate surface area is 158 Å². The number of hydrazone groups is 1. The van der Waals surface area contributed by atoms with E-state index in [0.29, 0.717) is 13.3 Å². The lowest BCUT2D eigenvalue weighted by Crippen LogP contribution is -2.44. The van der Waals surface area contributed by atoms with E-state index in [1.165, 1.54) is 12.8 Å². The Balaban J connectivity index is 1.73. The number of benzene rings is 1. The van der Waals surface area contributed by atoms with Crippen molar-refractivity contribution in [3.63, 3.8) is 0 Å². The van der Waals surface area contributed by atoms with Crippen LogP contribution in [0.25, 0.3) is 0 Å². The maximum atomic E-state index is 12.7. The van der Waals surface area contributed by atoms with Gasteiger partial charge in [-0.05, 0) is 49.8 Å². The Morgan fingerprint density at radius 3 is 2.73 bits per heavy atom. The molecule has 0 saturated carbocycles. The monoisotopic (exact) mass is 379 g/mol. The summed E-state index contributed by atoms with van der Waals surface area (Å²) in [6.07, 6.45) is 3.20. The second-order valence-corrected chi connectivity index (χ2v) is 6.83. The molecule has 1 aromatic carbocycles. The van der Waals surface area contributed by atoms with E-state index in [2.05, 4.69) is 22.8 Å². The lowest BCUT2D eigenvalue weighted by atomic mass is 10.1. The molecule has 1 aromatic rings. The molecule has 3 rings (SSSR count). The Bertz CT molecular complexity index is 691. The molecule has 10 heteroatoms. The van der Waals surface area contributed by atoms with Gasteiger partial charge in [-0.15, -0.1) is 0 Å². The van der Waals surface area contributed by atoms with Crippen molar-refractivity contribution < 1.29 is 9.63 Å². The van der Waals surface area contributed by atoms with Gasteiger partial charge >= 0.3 is 0 Å². The summed E-state index contributed by atoms with van der Waals surface area (Å²) in [7, 11) is 1.86. The van der Waals surface area contributed by atoms with E-state index in [9.17, 15) is 4.79 Å². The lowest BCUT2D eigenvalue weighted by molar-refractivity contribution is -0.112. The maximum absolute atomic E-state index is 12.7. The molecule has 1 amide bonds. The van der Waals surface area contributed by atoms with Crippen LogP contribution in [0.5, 0.6) is 0 Å². The fraction of sp³-hybridized carbons (Fsp3) is 0.500. The second kappa shape index (κ2) is 8.12. The number of carbonyl (C=O) groups excluding carboxylic acids is 1. The van der Waals surface area contributed by atoms with Gasteiger partial charge in [0.15, 0.2) is 0 Å². The number of hydrogen-bond acceptors (Lipinski definition) is 8. The number of fused-ring (bicyclic) bond motifs is 1. The van der Waals surface area contributed by atoms with Crippen molar-refractivity contribution in [2.45, 2.75) is 19.3 Å². The van der Waals surface area contributed by atoms with E-state index in [4.69, 9.17) is 16.5 Å². The average Bonchev–Trinajstić information content (AvgIpc) is 3.28. The van der Waals surface area contributed by atoms with Crippen LogP contribution in [0.15, 0.2) is 23.3 Å². The molecule has 0 spiro atoms. The summed E-state index contributed by atoms with van der Waals surface area (Å²) in [6, 6.07) is 5.92. The van der Waals surface area contributed by atoms with Crippen LogP contribution in [0, 0.1) is 0 Å². The number of amidine groups is 1. The molecule has 9 nitrogen and oxygen atoms in total. The van der Waals surface area contributed by atoms with Crippen molar-refractivity contribution in [2.24, 2.45) is 16.8 Å². The molecule has 0 aromatic heterocycles. The Kier molecular flexibility index (Phi) is 5.87. The summed E-state index contributed by atoms with van der Waals surface area (Å²) < 4.78 is 0.829. The number of nitrogens with zero attached hydrogens (tertiary/aromatic N) is 5. The van der Waals surface area contributed by atoms with Gasteiger partial charge in [0.1, 0.15) is 6.73 Å². The van der Waals surface area contributed by atoms with Gasteiger partial charge in [-0.25, -0.2) is 10.3 Å². The third kappa shape index (κ3) is 3.88. The van der Waals surface area contributed by atoms with Gasteiger partial charge in [0.25, 0.3) is 5.91 Å². The number of carbonyl (C=O) groups is 1. The summed E-state index contributed by atoms with van der Waals surface area (Å²) in [5.41, 5.74) is 2.75. The van der Waals surface area contributed by atoms with Crippen LogP contribution >= 0.6 is 12.8 Å². The minimum absolute atomic E-state index is 0.120. The maximum Gasteiger partial charge on any atom is 0.297 e. The molecule has 26 heavy (non-hydrogen) atoms. The predicted molar refractivity (Wildman–Crippen MR) is 104 cm³/mol. The average molecular weight is 379 g/mol. The molecule has 2 heterocycles. The highest BCUT2D eigenvalue weighted by Crippen LogP contribution is 2.32. The Hall–Kier alpha value is -2.01. The second-order valence-electron chi connectivity index (χ2n) is 6.40. The molecular weight excluding hydrogens is 354 g/mol. The normalized spacial score (nSPS) is 17.5. The third-order valence-electron chi connectivity index (χ3n) is 4.74. The van der Waals surface area contributed by atoms with Crippen LogP contribution < -0.4 is 21.6 Å². The number of rotatable bonds is 4. The summed E-state index contributed by atoms with van der Waals surface area (Å²) in [5.74, 6) is 10.3. The minimum Gasteiger partial charge on any atom is -0.321 e. The van der Waals surface area contributed by atoms with E-state index in [0.717, 1.165) is 40.9 Å². The van der Waals surface area contributed by atoms with Gasteiger partial charge < -0.3 is 10.7 Å². The highest BCUT2D eigenvalue weighted by Gasteiger charge is 2.30. The van der Waals surface area contributed by atoms with Gasteiger partial charge in [-0.2, -0.15) is 5.10 Å². The first-order chi connectivity index (χ1) is 12.5. The van der Waals surface area contributed by atoms with E-state index in [-0.39, 0.29) is 11.7 Å². The summed E-state index contributed by atoms with van der Waals surface area (Å²) >= 11 is 3.92. The van der Waals surface area contributed by atoms with Crippen molar-refractivity contribution in [1.29, 1.82) is 0 Å². The zero-order valence-electron chi connectivity index (χ0n) is 14.8. The quantitative estimate of drug-likeness (QED) is 0.227. The SMILES string of the molecule is CN(OCN1CCCC1)c1ccc2c(c1)N(C(=O)/C(=N/N)N(N)S)CC2. The number of hydrogen-bond donors (Lipinski definition) is 3. The predicted octanol–water partition coefficient (Wildman–Crippen LogP) is 0.290. The number of hydroxylamine groups is 1. The molecule has 2 aliphatic heterocycles. The first-order valence-electron chi connectivity index (χ1n) is 8.56. The standard InChI is InChI=1S/C16H25N7O2S/c1-20(25-11-21-7-2-3-8-21)13-5-4-12-6-9-22(14(12)10-13)16(24)15(19-17)23(18)26/h4-5,10,26H,2-3,6-9,11,17-18H2,1H3/b19-15-. The molecule has 1 saturated heterocycles. The van der Waals surface area contributed by atoms with Crippen molar-refractivity contribution >= 4 is 35.9 Å². The lowest BCUT2D eigenvalue weighted by Gasteiger charge is -2.25. The molecule has 1 fully saturated rings. The van der Waals surface area contributed by atoms with Crippen LogP contribution in [0.3, 0.4) is 0 Å². The Morgan fingerprint density at radius 2 is 2.08 bits per heavy atom. The number of hydrazine groups is 1. The first-order valence-corrected chi connectivity index (χ1v) is 8.96. The van der Waals surface area contributed by atoms with Gasteiger partial charge in [-0.3, -0.25) is 19.6 Å². The number of anilines is 2. The highest BCUT2D eigenvalue weighted by atomic mass is 32.1. The minimum atomic E-state index is -0.387. The molecule has 0 aliphatic carbocycles. The van der Waals surface area contributed by atoms with E-state index < -0.39 is 0 Å². The first kappa shape index (κ1) is 18.8. The number of likely N-dealkylation sites (tertiary alicyclic amines) is 1. The van der Waals surface area contributed by atoms with Crippen LogP contribution in [-0.2, 0) is 16.1 Å². The zero-order valence-corrected chi connectivity index (χ0v) is 15.7. The van der Waals surface area contributed by atoms with Crippen LogP contribution in [0.4, 0.5) is 11.4 Å². The van der Waals surface area contributed by atoms with Gasteiger partial charge in [0, 0.05) is 32.4 Å². The summed E-state index contributed by atoms with van der Waals surface area (Å²) in [5, 5.41) is 5.17. The van der Waals surface area contributed by atoms with Crippen LogP contribution in [0.1, 0.15) is 18.4 Å². The topological polar surface area (TPSA) is 104 Å². The number of amides is 1. The van der Waals surface area contributed by atoms with Gasteiger partial charge in [0.2, 0.25) is 5.84 Å². The molecule has 2 aliphatic rings. The van der Waals surface area contributed by atoms with Crippen molar-refractivity contribution in [3.8, 4) is 0 Å². The molecule has 0 unspecified atom stereocenters. The van der Waals surface area contributed by atoms with Gasteiger partial charge in [-0.1, -0.05) is 6.07 Å². The van der Waals surface area contributed by atoms with Crippen LogP contribution in [-0.4, -0.2) is 54.5 Å². The van der Waals surface area contributed by atoms with Crippen molar-refractivity contribution in [3.05, 3.63) is 23.8 Å². The molecule has 0 radical (unpaired) electrons. The number of nitrogens with two attached hydrogens (primary N) is 2. The summed E-state index contributed by atoms with van der Waals surface area (Å²) in [4.78, 5) is 22.4. The Morgan fingerprint density at radius 1 is 1.35 bits per heavy atom. The van der Waals surface area contributed by atoms with E-state index >= 15 is 0 Å². The molecule has 0 atom stereocenters. The molecule has 4 N–H and O–H groups in total. The van der Waals surface area contributed by atoms with Crippen LogP contribution in [0.2, 0.25) is 0 Å². The fourth-order valence-electron chi connectivity index (χ4n) is 3.26. The summed E-state index contributed by atoms with van der Waals surface area (Å²) in [6.45, 7) is 3.24. The molecule has 0 bridgehead atoms. The largest absolute Gasteiger partial charge is 0.321 e. The third-order valence-corrected chi connectivity index (χ3v) is 4.93. The highest BCUT2D eigenvalue weighted by molar-refractivity contribution is 7.78. The van der Waals surface area contributed by atoms with E-state index in [1.54, 1.807) is 9.96 Å². The van der Waals surface area contributed by atoms with Crippen molar-refractivity contribution in [1.82, 2.24) is 9.31 Å². The molecular formula is C16H25N7O2S. The van der Waals surface area contributed by atoms with E-state index in [1.807, 2.05) is 25.2 Å². The van der Waals surface area contributed by atoms with Crippen molar-refractivity contribution in [2.75, 3.05) is 43.4 Å². The van der Waals surface area contributed by atoms with Gasteiger partial charge in [0.05, 0.1) is 5.69 Å². The zero-order chi connectivity index (χ0) is 18.7.